The van der Waals surface area contributed by atoms with Crippen LogP contribution in [-0.2, 0) is 14.3 Å². The summed E-state index contributed by atoms with van der Waals surface area (Å²) in [5.41, 5.74) is 3.43. The van der Waals surface area contributed by atoms with Crippen molar-refractivity contribution >= 4 is 48.0 Å². The Balaban J connectivity index is 0.000000206. The number of imide groups is 1. The lowest BCUT2D eigenvalue weighted by atomic mass is 9.49. The molecular formula is C52H71ClN6O7. The molecule has 2 saturated heterocycles. The lowest BCUT2D eigenvalue weighted by Crippen LogP contribution is -2.73. The van der Waals surface area contributed by atoms with Gasteiger partial charge in [0.25, 0.3) is 0 Å². The average Bonchev–Trinajstić information content (AvgIpc) is 3.28. The molecule has 1 unspecified atom stereocenters. The molecule has 3 aromatic rings. The van der Waals surface area contributed by atoms with Crippen molar-refractivity contribution in [3.05, 3.63) is 94.0 Å². The fraction of sp³-hybridized carbons (Fsp3) is 0.538. The third kappa shape index (κ3) is 13.8. The van der Waals surface area contributed by atoms with E-state index in [9.17, 15) is 24.0 Å². The normalized spacial score (nSPS) is 22.9. The number of nitriles is 1. The molecule has 2 amide bonds. The van der Waals surface area contributed by atoms with Crippen LogP contribution < -0.4 is 20.3 Å². The van der Waals surface area contributed by atoms with E-state index in [-0.39, 0.29) is 34.8 Å². The second-order valence-electron chi connectivity index (χ2n) is 19.3. The summed E-state index contributed by atoms with van der Waals surface area (Å²) in [5, 5.41) is 15.0. The fourth-order valence-electron chi connectivity index (χ4n) is 10.1. The molecule has 66 heavy (non-hydrogen) atoms. The van der Waals surface area contributed by atoms with E-state index in [4.69, 9.17) is 26.3 Å². The zero-order valence-corrected chi connectivity index (χ0v) is 41.3. The van der Waals surface area contributed by atoms with Crippen LogP contribution in [0.1, 0.15) is 117 Å². The standard InChI is InChI=1S/C21H32N2O2.C16H21ClN2O.C8H6O2.C7H12N2O2/c1-16(2)23(20-12-21(13-20)25-3)14-17-8-10-22(11-9-17)19-6-4-18(15-24)5-7-19;1-15(2)13(19-5)16(3,4)14(15)20-11-7-6-10(9-18)12(17)8-11;9-5-7-3-1-2-4-8(7)6-10;1-9(2)5-3-4-6(10)8-7(5)11/h4-7,15-17,20-21H,8-14H2,1-3H3;6-8,13-14,19H,1-5H3;1-6H;5H,3-4H2,1-2H3,(H,8,10,11). The number of rotatable bonds is 13. The highest BCUT2D eigenvalue weighted by molar-refractivity contribution is 6.31. The van der Waals surface area contributed by atoms with Crippen molar-refractivity contribution in [2.24, 2.45) is 16.7 Å². The molecule has 1 atom stereocenters. The molecule has 13 nitrogen and oxygen atoms in total. The first kappa shape index (κ1) is 53.6. The Bertz CT molecular complexity index is 2080. The van der Waals surface area contributed by atoms with Crippen molar-refractivity contribution < 1.29 is 33.4 Å². The SMILES string of the molecule is CN(C)C1CCC(=O)NC1=O.CNC1C(C)(C)C(Oc2ccc(C#N)c(Cl)c2)C1(C)C.COC1CC(N(CC2CCN(c3ccc(C=O)cc3)CC2)C(C)C)C1.O=Cc1ccccc1C=O. The first-order valence-corrected chi connectivity index (χ1v) is 23.3. The first-order chi connectivity index (χ1) is 31.3. The number of likely N-dealkylation sites (N-methyl/N-ethyl adjacent to an activating group) is 1. The lowest BCUT2D eigenvalue weighted by molar-refractivity contribution is -0.166. The van der Waals surface area contributed by atoms with Crippen molar-refractivity contribution in [1.82, 2.24) is 20.4 Å². The first-order valence-electron chi connectivity index (χ1n) is 23.0. The number of ether oxygens (including phenoxy) is 2. The van der Waals surface area contributed by atoms with Gasteiger partial charge in [-0.3, -0.25) is 39.1 Å². The van der Waals surface area contributed by atoms with Crippen LogP contribution in [0.2, 0.25) is 5.02 Å². The summed E-state index contributed by atoms with van der Waals surface area (Å²) in [6.07, 6.45) is 8.79. The highest BCUT2D eigenvalue weighted by atomic mass is 35.5. The third-order valence-corrected chi connectivity index (χ3v) is 13.9. The van der Waals surface area contributed by atoms with Crippen LogP contribution in [0, 0.1) is 28.1 Å². The number of carbonyl (C=O) groups is 5. The van der Waals surface area contributed by atoms with Gasteiger partial charge in [0.2, 0.25) is 11.8 Å². The Morgan fingerprint density at radius 1 is 0.909 bits per heavy atom. The molecule has 14 heteroatoms. The summed E-state index contributed by atoms with van der Waals surface area (Å²) in [6, 6.07) is 23.5. The molecule has 0 radical (unpaired) electrons. The Hall–Kier alpha value is -4.97. The number of nitrogens with one attached hydrogen (secondary N) is 2. The Morgan fingerprint density at radius 3 is 1.95 bits per heavy atom. The summed E-state index contributed by atoms with van der Waals surface area (Å²) >= 11 is 6.06. The number of piperidine rings is 2. The summed E-state index contributed by atoms with van der Waals surface area (Å²) in [4.78, 5) is 60.0. The van der Waals surface area contributed by atoms with Crippen molar-refractivity contribution in [3.8, 4) is 11.8 Å². The van der Waals surface area contributed by atoms with Crippen LogP contribution in [0.15, 0.2) is 66.7 Å². The monoisotopic (exact) mass is 927 g/mol. The fourth-order valence-corrected chi connectivity index (χ4v) is 10.3. The summed E-state index contributed by atoms with van der Waals surface area (Å²) in [6.45, 7) is 16.9. The van der Waals surface area contributed by atoms with Crippen molar-refractivity contribution in [3.63, 3.8) is 0 Å². The number of hydrogen-bond acceptors (Lipinski definition) is 12. The van der Waals surface area contributed by atoms with Gasteiger partial charge in [-0.2, -0.15) is 5.26 Å². The molecule has 2 N–H and O–H groups in total. The highest BCUT2D eigenvalue weighted by Crippen LogP contribution is 2.55. The summed E-state index contributed by atoms with van der Waals surface area (Å²) in [7, 11) is 7.49. The van der Waals surface area contributed by atoms with Gasteiger partial charge < -0.3 is 19.7 Å². The van der Waals surface area contributed by atoms with Crippen molar-refractivity contribution in [1.29, 1.82) is 5.26 Å². The summed E-state index contributed by atoms with van der Waals surface area (Å²) in [5.74, 6) is 1.17. The zero-order valence-electron chi connectivity index (χ0n) is 40.5. The minimum absolute atomic E-state index is 0.0403. The maximum Gasteiger partial charge on any atom is 0.243 e. The molecule has 0 spiro atoms. The van der Waals surface area contributed by atoms with Gasteiger partial charge in [0.05, 0.1) is 22.7 Å². The predicted molar refractivity (Wildman–Crippen MR) is 260 cm³/mol. The largest absolute Gasteiger partial charge is 0.489 e. The molecule has 0 bridgehead atoms. The van der Waals surface area contributed by atoms with Crippen LogP contribution in [0.5, 0.6) is 5.75 Å². The molecular weight excluding hydrogens is 856 g/mol. The van der Waals surface area contributed by atoms with E-state index in [0.29, 0.717) is 71.4 Å². The number of anilines is 1. The van der Waals surface area contributed by atoms with E-state index in [1.54, 1.807) is 36.4 Å². The van der Waals surface area contributed by atoms with E-state index in [1.165, 1.54) is 37.9 Å². The molecule has 2 aliphatic heterocycles. The van der Waals surface area contributed by atoms with Gasteiger partial charge in [0.1, 0.15) is 24.2 Å². The van der Waals surface area contributed by atoms with Gasteiger partial charge in [-0.25, -0.2) is 0 Å². The molecule has 7 rings (SSSR count). The lowest BCUT2D eigenvalue weighted by Gasteiger charge is -2.63. The number of benzene rings is 3. The number of halogens is 1. The minimum atomic E-state index is -0.175. The smallest absolute Gasteiger partial charge is 0.243 e. The Labute approximate surface area is 397 Å². The molecule has 4 fully saturated rings. The van der Waals surface area contributed by atoms with Crippen LogP contribution in [0.25, 0.3) is 0 Å². The second kappa shape index (κ2) is 24.7. The van der Waals surface area contributed by atoms with Crippen molar-refractivity contribution in [2.45, 2.75) is 116 Å². The van der Waals surface area contributed by atoms with Gasteiger partial charge in [0.15, 0.2) is 12.6 Å². The van der Waals surface area contributed by atoms with E-state index in [0.717, 1.165) is 36.6 Å². The molecule has 0 aromatic heterocycles. The molecule has 4 aliphatic rings. The van der Waals surface area contributed by atoms with E-state index in [2.05, 4.69) is 80.2 Å². The van der Waals surface area contributed by atoms with E-state index in [1.807, 2.05) is 51.4 Å². The predicted octanol–water partition coefficient (Wildman–Crippen LogP) is 7.88. The topological polar surface area (TPSA) is 161 Å². The van der Waals surface area contributed by atoms with Gasteiger partial charge in [-0.15, -0.1) is 0 Å². The Kier molecular flexibility index (Phi) is 20.1. The number of methoxy groups -OCH3 is 1. The van der Waals surface area contributed by atoms with Crippen LogP contribution >= 0.6 is 11.6 Å². The maximum absolute atomic E-state index is 11.1. The van der Waals surface area contributed by atoms with Crippen molar-refractivity contribution in [2.75, 3.05) is 52.8 Å². The second-order valence-corrected chi connectivity index (χ2v) is 19.7. The molecule has 2 aliphatic carbocycles. The summed E-state index contributed by atoms with van der Waals surface area (Å²) < 4.78 is 11.6. The Morgan fingerprint density at radius 2 is 1.50 bits per heavy atom. The number of aldehydes is 3. The molecule has 2 saturated carbocycles. The van der Waals surface area contributed by atoms with E-state index < -0.39 is 0 Å². The van der Waals surface area contributed by atoms with Crippen LogP contribution in [-0.4, -0.2) is 125 Å². The van der Waals surface area contributed by atoms with E-state index >= 15 is 0 Å². The molecule has 358 valence electrons. The van der Waals surface area contributed by atoms with Crippen LogP contribution in [0.3, 0.4) is 0 Å². The number of nitrogens with zero attached hydrogens (tertiary/aromatic N) is 4. The van der Waals surface area contributed by atoms with Gasteiger partial charge in [-0.05, 0) is 109 Å². The molecule has 2 heterocycles. The highest BCUT2D eigenvalue weighted by Gasteiger charge is 2.63. The maximum atomic E-state index is 11.1. The van der Waals surface area contributed by atoms with Gasteiger partial charge in [-0.1, -0.05) is 63.6 Å². The average molecular weight is 928 g/mol. The van der Waals surface area contributed by atoms with Gasteiger partial charge in [0, 0.05) is 90.6 Å². The molecule has 3 aromatic carbocycles. The number of amides is 2. The van der Waals surface area contributed by atoms with Crippen LogP contribution in [0.4, 0.5) is 5.69 Å². The number of hydrogen-bond donors (Lipinski definition) is 2. The quantitative estimate of drug-likeness (QED) is 0.126. The zero-order chi connectivity index (χ0) is 48.8. The third-order valence-electron chi connectivity index (χ3n) is 13.5. The van der Waals surface area contributed by atoms with Gasteiger partial charge >= 0.3 is 0 Å². The minimum Gasteiger partial charge on any atom is -0.489 e. The number of carbonyl (C=O) groups excluding carboxylic acids is 5.